The fourth-order valence-corrected chi connectivity index (χ4v) is 1.90. The number of pyridine rings is 1. The molecule has 0 aliphatic carbocycles. The van der Waals surface area contributed by atoms with E-state index in [2.05, 4.69) is 48.0 Å². The third-order valence-corrected chi connectivity index (χ3v) is 2.88. The lowest BCUT2D eigenvalue weighted by atomic mass is 10.2. The van der Waals surface area contributed by atoms with Gasteiger partial charge in [0.15, 0.2) is 0 Å². The zero-order valence-electron chi connectivity index (χ0n) is 10.9. The predicted octanol–water partition coefficient (Wildman–Crippen LogP) is 3.08. The van der Waals surface area contributed by atoms with Crippen molar-refractivity contribution in [3.05, 3.63) is 54.2 Å². The first kappa shape index (κ1) is 12.4. The summed E-state index contributed by atoms with van der Waals surface area (Å²) >= 11 is 0. The lowest BCUT2D eigenvalue weighted by molar-refractivity contribution is 0.673. The molecule has 2 aromatic rings. The molecule has 0 unspecified atom stereocenters. The standard InChI is InChI=1S/C15H19N3/c1-12(2)18(11-13-6-4-3-5-7-13)15-10-14(16)8-9-17-15/h3-10,12H,11H2,1-2H3,(H2,16,17). The molecule has 0 aliphatic rings. The molecule has 0 spiro atoms. The Bertz CT molecular complexity index is 494. The number of nitrogens with zero attached hydrogens (tertiary/aromatic N) is 2. The van der Waals surface area contributed by atoms with Gasteiger partial charge in [0.2, 0.25) is 0 Å². The van der Waals surface area contributed by atoms with Crippen LogP contribution in [0, 0.1) is 0 Å². The minimum atomic E-state index is 0.375. The van der Waals surface area contributed by atoms with Crippen molar-refractivity contribution in [1.82, 2.24) is 4.98 Å². The van der Waals surface area contributed by atoms with Gasteiger partial charge in [-0.1, -0.05) is 30.3 Å². The molecule has 3 heteroatoms. The first-order valence-corrected chi connectivity index (χ1v) is 6.19. The van der Waals surface area contributed by atoms with Gasteiger partial charge in [0, 0.05) is 30.5 Å². The second-order valence-corrected chi connectivity index (χ2v) is 4.65. The number of aromatic nitrogens is 1. The minimum absolute atomic E-state index is 0.375. The maximum atomic E-state index is 5.82. The van der Waals surface area contributed by atoms with Crippen LogP contribution in [-0.4, -0.2) is 11.0 Å². The van der Waals surface area contributed by atoms with E-state index in [0.29, 0.717) is 6.04 Å². The Labute approximate surface area is 108 Å². The van der Waals surface area contributed by atoms with Gasteiger partial charge >= 0.3 is 0 Å². The maximum Gasteiger partial charge on any atom is 0.131 e. The summed E-state index contributed by atoms with van der Waals surface area (Å²) < 4.78 is 0. The number of nitrogen functional groups attached to an aromatic ring is 1. The number of benzene rings is 1. The monoisotopic (exact) mass is 241 g/mol. The molecule has 3 nitrogen and oxygen atoms in total. The van der Waals surface area contributed by atoms with E-state index in [1.54, 1.807) is 6.20 Å². The Kier molecular flexibility index (Phi) is 3.82. The topological polar surface area (TPSA) is 42.1 Å². The van der Waals surface area contributed by atoms with Crippen LogP contribution in [0.25, 0.3) is 0 Å². The van der Waals surface area contributed by atoms with Crippen molar-refractivity contribution in [2.75, 3.05) is 10.6 Å². The highest BCUT2D eigenvalue weighted by Crippen LogP contribution is 2.19. The Morgan fingerprint density at radius 2 is 1.89 bits per heavy atom. The molecule has 0 radical (unpaired) electrons. The largest absolute Gasteiger partial charge is 0.399 e. The molecule has 0 saturated carbocycles. The normalized spacial score (nSPS) is 10.6. The molecule has 1 aromatic carbocycles. The van der Waals surface area contributed by atoms with E-state index in [4.69, 9.17) is 5.73 Å². The van der Waals surface area contributed by atoms with Crippen LogP contribution in [0.5, 0.6) is 0 Å². The summed E-state index contributed by atoms with van der Waals surface area (Å²) in [5.41, 5.74) is 7.85. The second kappa shape index (κ2) is 5.54. The van der Waals surface area contributed by atoms with Crippen LogP contribution >= 0.6 is 0 Å². The predicted molar refractivity (Wildman–Crippen MR) is 76.4 cm³/mol. The van der Waals surface area contributed by atoms with Gasteiger partial charge in [-0.05, 0) is 25.5 Å². The average molecular weight is 241 g/mol. The van der Waals surface area contributed by atoms with Crippen molar-refractivity contribution in [2.24, 2.45) is 0 Å². The number of anilines is 2. The summed E-state index contributed by atoms with van der Waals surface area (Å²) in [7, 11) is 0. The molecule has 2 rings (SSSR count). The smallest absolute Gasteiger partial charge is 0.131 e. The van der Waals surface area contributed by atoms with Crippen LogP contribution < -0.4 is 10.6 Å². The maximum absolute atomic E-state index is 5.82. The number of hydrogen-bond donors (Lipinski definition) is 1. The van der Waals surface area contributed by atoms with E-state index in [9.17, 15) is 0 Å². The minimum Gasteiger partial charge on any atom is -0.399 e. The van der Waals surface area contributed by atoms with Crippen molar-refractivity contribution >= 4 is 11.5 Å². The van der Waals surface area contributed by atoms with Gasteiger partial charge in [-0.2, -0.15) is 0 Å². The van der Waals surface area contributed by atoms with Crippen LogP contribution in [0.4, 0.5) is 11.5 Å². The highest BCUT2D eigenvalue weighted by molar-refractivity contribution is 5.51. The van der Waals surface area contributed by atoms with Crippen LogP contribution in [0.2, 0.25) is 0 Å². The summed E-state index contributed by atoms with van der Waals surface area (Å²) in [5, 5.41) is 0. The summed E-state index contributed by atoms with van der Waals surface area (Å²) in [6, 6.07) is 14.5. The van der Waals surface area contributed by atoms with E-state index in [1.165, 1.54) is 5.56 Å². The van der Waals surface area contributed by atoms with Gasteiger partial charge in [-0.3, -0.25) is 0 Å². The van der Waals surface area contributed by atoms with Gasteiger partial charge in [-0.15, -0.1) is 0 Å². The van der Waals surface area contributed by atoms with Crippen LogP contribution in [0.1, 0.15) is 19.4 Å². The molecule has 1 aromatic heterocycles. The Balaban J connectivity index is 2.24. The third kappa shape index (κ3) is 3.00. The van der Waals surface area contributed by atoms with E-state index < -0.39 is 0 Å². The fourth-order valence-electron chi connectivity index (χ4n) is 1.90. The van der Waals surface area contributed by atoms with E-state index >= 15 is 0 Å². The van der Waals surface area contributed by atoms with Crippen molar-refractivity contribution < 1.29 is 0 Å². The molecule has 94 valence electrons. The summed E-state index contributed by atoms with van der Waals surface area (Å²) in [6.45, 7) is 5.16. The lowest BCUT2D eigenvalue weighted by Crippen LogP contribution is -2.30. The molecule has 0 atom stereocenters. The van der Waals surface area contributed by atoms with Crippen molar-refractivity contribution in [3.63, 3.8) is 0 Å². The summed E-state index contributed by atoms with van der Waals surface area (Å²) in [4.78, 5) is 6.65. The van der Waals surface area contributed by atoms with Crippen molar-refractivity contribution in [1.29, 1.82) is 0 Å². The van der Waals surface area contributed by atoms with Crippen LogP contribution in [0.3, 0.4) is 0 Å². The zero-order valence-corrected chi connectivity index (χ0v) is 10.9. The summed E-state index contributed by atoms with van der Waals surface area (Å²) in [5.74, 6) is 0.925. The zero-order chi connectivity index (χ0) is 13.0. The Morgan fingerprint density at radius 1 is 1.17 bits per heavy atom. The number of hydrogen-bond acceptors (Lipinski definition) is 3. The first-order valence-electron chi connectivity index (χ1n) is 6.19. The van der Waals surface area contributed by atoms with Gasteiger partial charge in [0.05, 0.1) is 0 Å². The fraction of sp³-hybridized carbons (Fsp3) is 0.267. The molecule has 0 fully saturated rings. The molecule has 2 N–H and O–H groups in total. The lowest BCUT2D eigenvalue weighted by Gasteiger charge is -2.28. The van der Waals surface area contributed by atoms with Crippen molar-refractivity contribution in [2.45, 2.75) is 26.4 Å². The molecule has 1 heterocycles. The SMILES string of the molecule is CC(C)N(Cc1ccccc1)c1cc(N)ccn1. The van der Waals surface area contributed by atoms with Gasteiger partial charge in [0.1, 0.15) is 5.82 Å². The van der Waals surface area contributed by atoms with E-state index in [-0.39, 0.29) is 0 Å². The van der Waals surface area contributed by atoms with Gasteiger partial charge < -0.3 is 10.6 Å². The molecule has 0 saturated heterocycles. The average Bonchev–Trinajstić information content (AvgIpc) is 2.37. The van der Waals surface area contributed by atoms with Crippen molar-refractivity contribution in [3.8, 4) is 0 Å². The van der Waals surface area contributed by atoms with Gasteiger partial charge in [-0.25, -0.2) is 4.98 Å². The number of rotatable bonds is 4. The van der Waals surface area contributed by atoms with Crippen LogP contribution in [0.15, 0.2) is 48.7 Å². The van der Waals surface area contributed by atoms with Crippen LogP contribution in [-0.2, 0) is 6.54 Å². The Hall–Kier alpha value is -2.03. The quantitative estimate of drug-likeness (QED) is 0.894. The third-order valence-electron chi connectivity index (χ3n) is 2.88. The molecular formula is C15H19N3. The molecular weight excluding hydrogens is 222 g/mol. The molecule has 0 bridgehead atoms. The Morgan fingerprint density at radius 3 is 2.50 bits per heavy atom. The first-order chi connectivity index (χ1) is 8.66. The second-order valence-electron chi connectivity index (χ2n) is 4.65. The summed E-state index contributed by atoms with van der Waals surface area (Å²) in [6.07, 6.45) is 1.76. The molecule has 0 aliphatic heterocycles. The molecule has 18 heavy (non-hydrogen) atoms. The van der Waals surface area contributed by atoms with E-state index in [1.807, 2.05) is 18.2 Å². The van der Waals surface area contributed by atoms with Gasteiger partial charge in [0.25, 0.3) is 0 Å². The van der Waals surface area contributed by atoms with E-state index in [0.717, 1.165) is 18.1 Å². The number of nitrogens with two attached hydrogens (primary N) is 1. The highest BCUT2D eigenvalue weighted by Gasteiger charge is 2.12. The molecule has 0 amide bonds. The highest BCUT2D eigenvalue weighted by atomic mass is 15.2.